The summed E-state index contributed by atoms with van der Waals surface area (Å²) in [5, 5.41) is 0. The smallest absolute Gasteiger partial charge is 0.399 e. The highest BCUT2D eigenvalue weighted by Crippen LogP contribution is 1.95. The minimum absolute atomic E-state index is 0. The van der Waals surface area contributed by atoms with Crippen molar-refractivity contribution in [2.45, 2.75) is 28.2 Å². The molecule has 0 bridgehead atoms. The predicted molar refractivity (Wildman–Crippen MR) is 79.6 cm³/mol. The fraction of sp³-hybridized carbons (Fsp3) is 0.538. The first-order valence-corrected chi connectivity index (χ1v) is 7.31. The van der Waals surface area contributed by atoms with Crippen LogP contribution in [-0.2, 0) is 13.3 Å². The Kier molecular flexibility index (Phi) is 15.3. The number of hydrogen-bond acceptors (Lipinski definition) is 4. The van der Waals surface area contributed by atoms with Crippen LogP contribution in [0.4, 0.5) is 5.69 Å². The van der Waals surface area contributed by atoms with E-state index in [2.05, 4.69) is 0 Å². The minimum Gasteiger partial charge on any atom is -0.399 e. The van der Waals surface area contributed by atoms with Gasteiger partial charge < -0.3 is 19.0 Å². The Morgan fingerprint density at radius 1 is 0.889 bits per heavy atom. The molecule has 0 fully saturated rings. The van der Waals surface area contributed by atoms with Gasteiger partial charge in [-0.3, -0.25) is 0 Å². The van der Waals surface area contributed by atoms with Crippen molar-refractivity contribution in [1.29, 1.82) is 0 Å². The fourth-order valence-electron chi connectivity index (χ4n) is 1.01. The lowest BCUT2D eigenvalue weighted by Crippen LogP contribution is -2.27. The number of anilines is 1. The van der Waals surface area contributed by atoms with Crippen LogP contribution in [0.1, 0.15) is 28.2 Å². The molecule has 0 amide bonds. The standard InChI is InChI=1S/C6H7N.C6H16O3Si.CH4/c7-6-4-2-1-3-5-6;1-4-7-10(8-5-2)9-6-3;/h1-5H,7H2;10H,4-6H2,1-3H3;1H4. The van der Waals surface area contributed by atoms with Crippen molar-refractivity contribution >= 4 is 15.2 Å². The van der Waals surface area contributed by atoms with E-state index in [0.717, 1.165) is 5.69 Å². The van der Waals surface area contributed by atoms with Gasteiger partial charge in [0.2, 0.25) is 0 Å². The third-order valence-corrected chi connectivity index (χ3v) is 3.52. The summed E-state index contributed by atoms with van der Waals surface area (Å²) in [6.45, 7) is 7.86. The zero-order valence-electron chi connectivity index (χ0n) is 10.9. The van der Waals surface area contributed by atoms with Gasteiger partial charge in [-0.2, -0.15) is 0 Å². The lowest BCUT2D eigenvalue weighted by molar-refractivity contribution is 0.107. The summed E-state index contributed by atoms with van der Waals surface area (Å²) in [6, 6.07) is 9.49. The molecule has 0 heterocycles. The normalized spacial score (nSPS) is 9.33. The lowest BCUT2D eigenvalue weighted by atomic mass is 10.3. The molecule has 5 heteroatoms. The zero-order valence-corrected chi connectivity index (χ0v) is 12.0. The van der Waals surface area contributed by atoms with Crippen molar-refractivity contribution in [1.82, 2.24) is 0 Å². The Labute approximate surface area is 113 Å². The van der Waals surface area contributed by atoms with Crippen molar-refractivity contribution in [3.05, 3.63) is 30.3 Å². The first-order valence-electron chi connectivity index (χ1n) is 5.89. The molecule has 106 valence electrons. The largest absolute Gasteiger partial charge is 0.484 e. The van der Waals surface area contributed by atoms with Crippen molar-refractivity contribution in [2.75, 3.05) is 25.6 Å². The molecule has 0 saturated carbocycles. The average Bonchev–Trinajstić information content (AvgIpc) is 2.32. The van der Waals surface area contributed by atoms with Gasteiger partial charge in [-0.05, 0) is 32.9 Å². The molecular weight excluding hydrogens is 246 g/mol. The Morgan fingerprint density at radius 3 is 1.50 bits per heavy atom. The molecule has 1 rings (SSSR count). The summed E-state index contributed by atoms with van der Waals surface area (Å²) >= 11 is 0. The van der Waals surface area contributed by atoms with Crippen LogP contribution in [0.5, 0.6) is 0 Å². The molecule has 18 heavy (non-hydrogen) atoms. The third kappa shape index (κ3) is 11.6. The molecule has 2 N–H and O–H groups in total. The summed E-state index contributed by atoms with van der Waals surface area (Å²) in [6.07, 6.45) is 0. The number of para-hydroxylation sites is 1. The summed E-state index contributed by atoms with van der Waals surface area (Å²) < 4.78 is 15.7. The van der Waals surface area contributed by atoms with Gasteiger partial charge in [-0.1, -0.05) is 25.6 Å². The maximum atomic E-state index is 5.36. The highest BCUT2D eigenvalue weighted by molar-refractivity contribution is 6.36. The molecular formula is C13H27NO3Si. The van der Waals surface area contributed by atoms with E-state index in [1.165, 1.54) is 0 Å². The van der Waals surface area contributed by atoms with Gasteiger partial charge in [-0.15, -0.1) is 0 Å². The number of nitrogen functional groups attached to an aromatic ring is 1. The van der Waals surface area contributed by atoms with Crippen LogP contribution in [0.25, 0.3) is 0 Å². The Morgan fingerprint density at radius 2 is 1.28 bits per heavy atom. The van der Waals surface area contributed by atoms with Crippen LogP contribution in [-0.4, -0.2) is 29.3 Å². The van der Waals surface area contributed by atoms with Crippen molar-refractivity contribution < 1.29 is 13.3 Å². The van der Waals surface area contributed by atoms with Gasteiger partial charge in [0.1, 0.15) is 0 Å². The third-order valence-electron chi connectivity index (χ3n) is 1.71. The summed E-state index contributed by atoms with van der Waals surface area (Å²) in [5.41, 5.74) is 6.18. The van der Waals surface area contributed by atoms with Gasteiger partial charge in [-0.25, -0.2) is 0 Å². The lowest BCUT2D eigenvalue weighted by Gasteiger charge is -2.12. The van der Waals surface area contributed by atoms with Gasteiger partial charge in [0.15, 0.2) is 0 Å². The molecule has 0 atom stereocenters. The molecule has 0 aliphatic rings. The average molecular weight is 273 g/mol. The fourth-order valence-corrected chi connectivity index (χ4v) is 2.11. The summed E-state index contributed by atoms with van der Waals surface area (Å²) in [5.74, 6) is 0. The molecule has 0 spiro atoms. The van der Waals surface area contributed by atoms with Crippen molar-refractivity contribution in [3.8, 4) is 0 Å². The number of rotatable bonds is 6. The van der Waals surface area contributed by atoms with Crippen molar-refractivity contribution in [3.63, 3.8) is 0 Å². The quantitative estimate of drug-likeness (QED) is 0.639. The highest BCUT2D eigenvalue weighted by atomic mass is 28.3. The maximum absolute atomic E-state index is 5.36. The van der Waals surface area contributed by atoms with Gasteiger partial charge in [0.25, 0.3) is 0 Å². The molecule has 0 saturated heterocycles. The second kappa shape index (κ2) is 14.2. The first kappa shape index (κ1) is 19.5. The zero-order chi connectivity index (χ0) is 12.9. The van der Waals surface area contributed by atoms with E-state index in [4.69, 9.17) is 19.0 Å². The van der Waals surface area contributed by atoms with Crippen LogP contribution in [0, 0.1) is 0 Å². The van der Waals surface area contributed by atoms with E-state index in [1.807, 2.05) is 51.1 Å². The van der Waals surface area contributed by atoms with E-state index in [9.17, 15) is 0 Å². The Bertz CT molecular complexity index is 245. The Hall–Kier alpha value is -0.883. The number of nitrogens with two attached hydrogens (primary N) is 1. The maximum Gasteiger partial charge on any atom is 0.484 e. The van der Waals surface area contributed by atoms with Crippen LogP contribution in [0.15, 0.2) is 30.3 Å². The van der Waals surface area contributed by atoms with Crippen LogP contribution in [0.2, 0.25) is 0 Å². The van der Waals surface area contributed by atoms with Crippen LogP contribution in [0.3, 0.4) is 0 Å². The number of benzene rings is 1. The van der Waals surface area contributed by atoms with Crippen molar-refractivity contribution in [2.24, 2.45) is 0 Å². The van der Waals surface area contributed by atoms with E-state index in [0.29, 0.717) is 19.8 Å². The van der Waals surface area contributed by atoms with Crippen LogP contribution >= 0.6 is 0 Å². The van der Waals surface area contributed by atoms with E-state index in [1.54, 1.807) is 0 Å². The topological polar surface area (TPSA) is 53.7 Å². The summed E-state index contributed by atoms with van der Waals surface area (Å²) in [4.78, 5) is 0. The van der Waals surface area contributed by atoms with E-state index >= 15 is 0 Å². The molecule has 0 aliphatic carbocycles. The van der Waals surface area contributed by atoms with Gasteiger partial charge in [0, 0.05) is 25.5 Å². The van der Waals surface area contributed by atoms with Gasteiger partial charge >= 0.3 is 9.53 Å². The Balaban J connectivity index is 0. The monoisotopic (exact) mass is 273 g/mol. The highest BCUT2D eigenvalue weighted by Gasteiger charge is 2.11. The van der Waals surface area contributed by atoms with E-state index < -0.39 is 9.53 Å². The SMILES string of the molecule is C.CCO[SiH](OCC)OCC.Nc1ccccc1. The number of hydrogen-bond donors (Lipinski definition) is 1. The second-order valence-corrected chi connectivity index (χ2v) is 4.64. The molecule has 0 unspecified atom stereocenters. The predicted octanol–water partition coefficient (Wildman–Crippen LogP) is 2.72. The first-order chi connectivity index (χ1) is 8.24. The minimum atomic E-state index is -1.73. The van der Waals surface area contributed by atoms with Gasteiger partial charge in [0.05, 0.1) is 0 Å². The molecule has 1 aromatic rings. The summed E-state index contributed by atoms with van der Waals surface area (Å²) in [7, 11) is -1.73. The molecule has 0 aliphatic heterocycles. The van der Waals surface area contributed by atoms with E-state index in [-0.39, 0.29) is 7.43 Å². The molecule has 0 aromatic heterocycles. The molecule has 4 nitrogen and oxygen atoms in total. The second-order valence-electron chi connectivity index (χ2n) is 3.07. The van der Waals surface area contributed by atoms with Crippen LogP contribution < -0.4 is 5.73 Å². The molecule has 0 radical (unpaired) electrons. The molecule has 1 aromatic carbocycles.